The lowest BCUT2D eigenvalue weighted by Gasteiger charge is -2.32. The summed E-state index contributed by atoms with van der Waals surface area (Å²) in [6.45, 7) is 5.90. The van der Waals surface area contributed by atoms with Gasteiger partial charge >= 0.3 is 0 Å². The van der Waals surface area contributed by atoms with Crippen LogP contribution in [0.3, 0.4) is 0 Å². The fourth-order valence-corrected chi connectivity index (χ4v) is 2.72. The van der Waals surface area contributed by atoms with Gasteiger partial charge in [0.2, 0.25) is 0 Å². The Balaban J connectivity index is 2.19. The van der Waals surface area contributed by atoms with Crippen LogP contribution in [-0.2, 0) is 0 Å². The van der Waals surface area contributed by atoms with E-state index in [4.69, 9.17) is 5.84 Å². The first-order valence-corrected chi connectivity index (χ1v) is 7.02. The highest BCUT2D eigenvalue weighted by Gasteiger charge is 2.24. The van der Waals surface area contributed by atoms with Crippen LogP contribution in [0.15, 0.2) is 18.2 Å². The molecule has 1 amide bonds. The van der Waals surface area contributed by atoms with Crippen LogP contribution in [0.5, 0.6) is 0 Å². The van der Waals surface area contributed by atoms with Crippen molar-refractivity contribution in [2.24, 2.45) is 11.8 Å². The summed E-state index contributed by atoms with van der Waals surface area (Å²) in [5, 5.41) is 0. The summed E-state index contributed by atoms with van der Waals surface area (Å²) in [5.41, 5.74) is 5.11. The number of nitrogens with two attached hydrogens (primary N) is 1. The van der Waals surface area contributed by atoms with Crippen molar-refractivity contribution in [3.63, 3.8) is 0 Å². The summed E-state index contributed by atoms with van der Waals surface area (Å²) in [6.07, 6.45) is 3.47. The maximum Gasteiger partial charge on any atom is 0.256 e. The van der Waals surface area contributed by atoms with Gasteiger partial charge < -0.3 is 10.3 Å². The molecule has 1 aromatic carbocycles. The van der Waals surface area contributed by atoms with E-state index in [9.17, 15) is 4.79 Å². The van der Waals surface area contributed by atoms with Crippen LogP contribution >= 0.6 is 0 Å². The number of piperidine rings is 1. The van der Waals surface area contributed by atoms with E-state index in [-0.39, 0.29) is 5.91 Å². The number of hydrazine groups is 1. The lowest BCUT2D eigenvalue weighted by Crippen LogP contribution is -2.40. The van der Waals surface area contributed by atoms with Crippen molar-refractivity contribution in [1.82, 2.24) is 4.90 Å². The summed E-state index contributed by atoms with van der Waals surface area (Å²) >= 11 is 0. The molecule has 1 heterocycles. The highest BCUT2D eigenvalue weighted by molar-refractivity contribution is 5.99. The Labute approximate surface area is 114 Å². The van der Waals surface area contributed by atoms with Crippen LogP contribution in [0.2, 0.25) is 0 Å². The van der Waals surface area contributed by atoms with Crippen LogP contribution in [0.1, 0.15) is 42.1 Å². The predicted octanol–water partition coefficient (Wildman–Crippen LogP) is 2.54. The zero-order valence-corrected chi connectivity index (χ0v) is 11.8. The smallest absolute Gasteiger partial charge is 0.256 e. The average Bonchev–Trinajstić information content (AvgIpc) is 2.46. The lowest BCUT2D eigenvalue weighted by molar-refractivity contribution is 0.0672. The molecule has 0 bridgehead atoms. The SMILES string of the molecule is CCC1CCCN(C(=O)c2ccc(C)cc2NN)C1. The first-order chi connectivity index (χ1) is 9.15. The molecule has 0 aromatic heterocycles. The van der Waals surface area contributed by atoms with Crippen molar-refractivity contribution in [1.29, 1.82) is 0 Å². The molecule has 19 heavy (non-hydrogen) atoms. The predicted molar refractivity (Wildman–Crippen MR) is 77.9 cm³/mol. The molecule has 0 radical (unpaired) electrons. The number of hydrogen-bond acceptors (Lipinski definition) is 3. The summed E-state index contributed by atoms with van der Waals surface area (Å²) in [5.74, 6) is 6.25. The van der Waals surface area contributed by atoms with E-state index >= 15 is 0 Å². The topological polar surface area (TPSA) is 58.4 Å². The Morgan fingerprint density at radius 3 is 3.00 bits per heavy atom. The first-order valence-electron chi connectivity index (χ1n) is 7.02. The van der Waals surface area contributed by atoms with Crippen LogP contribution < -0.4 is 11.3 Å². The van der Waals surface area contributed by atoms with Gasteiger partial charge in [-0.25, -0.2) is 0 Å². The minimum atomic E-state index is 0.0890. The van der Waals surface area contributed by atoms with Gasteiger partial charge in [0.15, 0.2) is 0 Å². The van der Waals surface area contributed by atoms with Crippen molar-refractivity contribution in [3.8, 4) is 0 Å². The van der Waals surface area contributed by atoms with Gasteiger partial charge in [0, 0.05) is 13.1 Å². The normalized spacial score (nSPS) is 19.3. The molecular weight excluding hydrogens is 238 g/mol. The highest BCUT2D eigenvalue weighted by atomic mass is 16.2. The van der Waals surface area contributed by atoms with Crippen LogP contribution in [0.25, 0.3) is 0 Å². The molecule has 1 aliphatic rings. The van der Waals surface area contributed by atoms with E-state index in [1.807, 2.05) is 30.0 Å². The van der Waals surface area contributed by atoms with Crippen LogP contribution in [0.4, 0.5) is 5.69 Å². The lowest BCUT2D eigenvalue weighted by atomic mass is 9.95. The number of nitrogen functional groups attached to an aromatic ring is 1. The summed E-state index contributed by atoms with van der Waals surface area (Å²) in [6, 6.07) is 5.73. The molecule has 1 fully saturated rings. The molecule has 0 aliphatic carbocycles. The van der Waals surface area contributed by atoms with Crippen molar-refractivity contribution in [2.75, 3.05) is 18.5 Å². The maximum atomic E-state index is 12.6. The number of carbonyl (C=O) groups excluding carboxylic acids is 1. The first kappa shape index (κ1) is 13.9. The second kappa shape index (κ2) is 6.06. The number of carbonyl (C=O) groups is 1. The molecule has 104 valence electrons. The highest BCUT2D eigenvalue weighted by Crippen LogP contribution is 2.24. The fraction of sp³-hybridized carbons (Fsp3) is 0.533. The summed E-state index contributed by atoms with van der Waals surface area (Å²) < 4.78 is 0. The van der Waals surface area contributed by atoms with Crippen LogP contribution in [-0.4, -0.2) is 23.9 Å². The van der Waals surface area contributed by atoms with Crippen molar-refractivity contribution in [3.05, 3.63) is 29.3 Å². The van der Waals surface area contributed by atoms with Gasteiger partial charge in [0.25, 0.3) is 5.91 Å². The monoisotopic (exact) mass is 261 g/mol. The zero-order valence-electron chi connectivity index (χ0n) is 11.8. The van der Waals surface area contributed by atoms with E-state index < -0.39 is 0 Å². The molecule has 2 rings (SSSR count). The number of nitrogens with one attached hydrogen (secondary N) is 1. The van der Waals surface area contributed by atoms with E-state index in [0.717, 1.165) is 31.5 Å². The Morgan fingerprint density at radius 1 is 1.53 bits per heavy atom. The molecule has 0 spiro atoms. The fourth-order valence-electron chi connectivity index (χ4n) is 2.72. The van der Waals surface area contributed by atoms with Crippen molar-refractivity contribution in [2.45, 2.75) is 33.1 Å². The molecule has 3 N–H and O–H groups in total. The van der Waals surface area contributed by atoms with Crippen LogP contribution in [0, 0.1) is 12.8 Å². The second-order valence-electron chi connectivity index (χ2n) is 5.36. The van der Waals surface area contributed by atoms with Crippen molar-refractivity contribution < 1.29 is 4.79 Å². The minimum absolute atomic E-state index is 0.0890. The summed E-state index contributed by atoms with van der Waals surface area (Å²) in [7, 11) is 0. The number of amides is 1. The number of rotatable bonds is 3. The summed E-state index contributed by atoms with van der Waals surface area (Å²) in [4.78, 5) is 14.5. The quantitative estimate of drug-likeness (QED) is 0.649. The van der Waals surface area contributed by atoms with E-state index in [0.29, 0.717) is 17.2 Å². The molecule has 0 saturated carbocycles. The number of likely N-dealkylation sites (tertiary alicyclic amines) is 1. The number of anilines is 1. The van der Waals surface area contributed by atoms with Gasteiger partial charge in [-0.15, -0.1) is 0 Å². The third-order valence-electron chi connectivity index (χ3n) is 3.94. The number of hydrogen-bond donors (Lipinski definition) is 2. The van der Waals surface area contributed by atoms with Gasteiger partial charge in [0.1, 0.15) is 0 Å². The van der Waals surface area contributed by atoms with Crippen molar-refractivity contribution >= 4 is 11.6 Å². The molecule has 1 aliphatic heterocycles. The Morgan fingerprint density at radius 2 is 2.32 bits per heavy atom. The van der Waals surface area contributed by atoms with Gasteiger partial charge in [0.05, 0.1) is 11.3 Å². The molecule has 1 aromatic rings. The second-order valence-corrected chi connectivity index (χ2v) is 5.36. The Hall–Kier alpha value is -1.55. The largest absolute Gasteiger partial charge is 0.338 e. The Kier molecular flexibility index (Phi) is 4.43. The van der Waals surface area contributed by atoms with E-state index in [2.05, 4.69) is 12.3 Å². The number of benzene rings is 1. The molecule has 1 saturated heterocycles. The van der Waals surface area contributed by atoms with Gasteiger partial charge in [-0.1, -0.05) is 19.4 Å². The van der Waals surface area contributed by atoms with E-state index in [1.165, 1.54) is 6.42 Å². The average molecular weight is 261 g/mol. The van der Waals surface area contributed by atoms with Gasteiger partial charge in [-0.05, 0) is 43.4 Å². The Bertz CT molecular complexity index is 459. The maximum absolute atomic E-state index is 12.6. The third kappa shape index (κ3) is 3.07. The molecule has 4 heteroatoms. The molecular formula is C15H23N3O. The zero-order chi connectivity index (χ0) is 13.8. The molecule has 1 unspecified atom stereocenters. The number of aryl methyl sites for hydroxylation is 1. The number of nitrogens with zero attached hydrogens (tertiary/aromatic N) is 1. The standard InChI is InChI=1S/C15H23N3O/c1-3-12-5-4-8-18(10-12)15(19)13-7-6-11(2)9-14(13)17-16/h6-7,9,12,17H,3-5,8,10,16H2,1-2H3. The van der Waals surface area contributed by atoms with Gasteiger partial charge in [-0.2, -0.15) is 0 Å². The third-order valence-corrected chi connectivity index (χ3v) is 3.94. The van der Waals surface area contributed by atoms with E-state index in [1.54, 1.807) is 0 Å². The molecule has 1 atom stereocenters. The van der Waals surface area contributed by atoms with Gasteiger partial charge in [-0.3, -0.25) is 10.6 Å². The molecule has 4 nitrogen and oxygen atoms in total. The minimum Gasteiger partial charge on any atom is -0.338 e.